The maximum Gasteiger partial charge on any atom is 0.282 e. The average Bonchev–Trinajstić information content (AvgIpc) is 2.61. The fraction of sp³-hybridized carbons (Fsp3) is 0. The van der Waals surface area contributed by atoms with Crippen LogP contribution >= 0.6 is 0 Å². The van der Waals surface area contributed by atoms with Crippen LogP contribution in [-0.2, 0) is 0 Å². The summed E-state index contributed by atoms with van der Waals surface area (Å²) in [6.07, 6.45) is 1.18. The number of hydrogen-bond acceptors (Lipinski definition) is 3. The first kappa shape index (κ1) is 14.3. The molecular formula is C19H11FN2O2. The number of carbonyl (C=O) groups excluding carboxylic acids is 2. The van der Waals surface area contributed by atoms with Crippen molar-refractivity contribution in [2.24, 2.45) is 5.10 Å². The van der Waals surface area contributed by atoms with Crippen molar-refractivity contribution in [2.45, 2.75) is 0 Å². The minimum atomic E-state index is -0.517. The number of hydrazone groups is 1. The highest BCUT2D eigenvalue weighted by atomic mass is 19.1. The number of amides is 2. The zero-order valence-corrected chi connectivity index (χ0v) is 12.4. The third-order valence-electron chi connectivity index (χ3n) is 3.97. The van der Waals surface area contributed by atoms with E-state index in [9.17, 15) is 14.0 Å². The van der Waals surface area contributed by atoms with Gasteiger partial charge in [-0.3, -0.25) is 9.59 Å². The Morgan fingerprint density at radius 1 is 0.833 bits per heavy atom. The lowest BCUT2D eigenvalue weighted by Crippen LogP contribution is -2.36. The van der Waals surface area contributed by atoms with E-state index in [1.807, 2.05) is 12.1 Å². The second-order valence-corrected chi connectivity index (χ2v) is 5.40. The molecule has 0 aliphatic carbocycles. The van der Waals surface area contributed by atoms with Gasteiger partial charge in [-0.1, -0.05) is 42.5 Å². The monoisotopic (exact) mass is 318 g/mol. The van der Waals surface area contributed by atoms with Gasteiger partial charge in [-0.15, -0.1) is 0 Å². The van der Waals surface area contributed by atoms with Crippen molar-refractivity contribution in [3.63, 3.8) is 0 Å². The highest BCUT2D eigenvalue weighted by Crippen LogP contribution is 2.30. The zero-order chi connectivity index (χ0) is 16.7. The highest BCUT2D eigenvalue weighted by molar-refractivity contribution is 6.25. The third-order valence-corrected chi connectivity index (χ3v) is 3.97. The van der Waals surface area contributed by atoms with Gasteiger partial charge < -0.3 is 0 Å². The maximum atomic E-state index is 13.7. The second kappa shape index (κ2) is 5.38. The Balaban J connectivity index is 1.81. The van der Waals surface area contributed by atoms with Crippen LogP contribution in [-0.4, -0.2) is 23.0 Å². The summed E-state index contributed by atoms with van der Waals surface area (Å²) in [6.45, 7) is 0. The number of rotatable bonds is 2. The molecule has 3 aromatic rings. The molecule has 0 bridgehead atoms. The fourth-order valence-corrected chi connectivity index (χ4v) is 2.82. The van der Waals surface area contributed by atoms with Crippen LogP contribution < -0.4 is 0 Å². The summed E-state index contributed by atoms with van der Waals surface area (Å²) < 4.78 is 13.7. The Morgan fingerprint density at radius 2 is 1.46 bits per heavy atom. The molecule has 0 N–H and O–H groups in total. The predicted octanol–water partition coefficient (Wildman–Crippen LogP) is 3.61. The summed E-state index contributed by atoms with van der Waals surface area (Å²) >= 11 is 0. The molecule has 5 heteroatoms. The molecule has 0 fully saturated rings. The molecule has 0 unspecified atom stereocenters. The standard InChI is InChI=1S/C19H11FN2O2/c20-16-10-2-1-5-13(16)11-21-22-18(23)14-8-3-6-12-7-4-9-15(17(12)14)19(22)24/h1-11H/b21-11+. The van der Waals surface area contributed by atoms with Crippen LogP contribution in [0.2, 0.25) is 0 Å². The topological polar surface area (TPSA) is 49.7 Å². The Kier molecular flexibility index (Phi) is 3.20. The molecule has 1 aliphatic rings. The lowest BCUT2D eigenvalue weighted by atomic mass is 9.95. The summed E-state index contributed by atoms with van der Waals surface area (Å²) in [5, 5.41) is 6.17. The fourth-order valence-electron chi connectivity index (χ4n) is 2.82. The molecule has 3 aromatic carbocycles. The van der Waals surface area contributed by atoms with Gasteiger partial charge in [0.15, 0.2) is 0 Å². The summed E-state index contributed by atoms with van der Waals surface area (Å²) in [7, 11) is 0. The third kappa shape index (κ3) is 2.10. The Morgan fingerprint density at radius 3 is 2.08 bits per heavy atom. The first-order valence-electron chi connectivity index (χ1n) is 7.36. The quantitative estimate of drug-likeness (QED) is 0.535. The van der Waals surface area contributed by atoms with E-state index in [-0.39, 0.29) is 5.56 Å². The van der Waals surface area contributed by atoms with Gasteiger partial charge in [0.25, 0.3) is 11.8 Å². The van der Waals surface area contributed by atoms with Crippen molar-refractivity contribution in [1.82, 2.24) is 5.01 Å². The van der Waals surface area contributed by atoms with Gasteiger partial charge in [-0.25, -0.2) is 4.39 Å². The van der Waals surface area contributed by atoms with Gasteiger partial charge in [0.1, 0.15) is 5.82 Å². The Labute approximate surface area is 136 Å². The van der Waals surface area contributed by atoms with E-state index in [4.69, 9.17) is 0 Å². The van der Waals surface area contributed by atoms with E-state index in [1.165, 1.54) is 18.3 Å². The molecule has 0 saturated heterocycles. The molecule has 4 rings (SSSR count). The van der Waals surface area contributed by atoms with Gasteiger partial charge in [0, 0.05) is 10.9 Å². The zero-order valence-electron chi connectivity index (χ0n) is 12.4. The number of halogens is 1. The normalized spacial score (nSPS) is 14.0. The van der Waals surface area contributed by atoms with E-state index in [0.717, 1.165) is 10.4 Å². The molecule has 2 amide bonds. The molecule has 1 aliphatic heterocycles. The van der Waals surface area contributed by atoms with E-state index in [0.29, 0.717) is 16.5 Å². The van der Waals surface area contributed by atoms with E-state index >= 15 is 0 Å². The summed E-state index contributed by atoms with van der Waals surface area (Å²) in [6, 6.07) is 16.5. The van der Waals surface area contributed by atoms with E-state index in [1.54, 1.807) is 36.4 Å². The van der Waals surface area contributed by atoms with Crippen LogP contribution in [0, 0.1) is 5.82 Å². The number of carbonyl (C=O) groups is 2. The SMILES string of the molecule is O=C1c2cccc3cccc(c23)C(=O)N1/N=C/c1ccccc1F. The Bertz CT molecular complexity index is 976. The molecule has 24 heavy (non-hydrogen) atoms. The summed E-state index contributed by atoms with van der Waals surface area (Å²) in [5.41, 5.74) is 1.02. The molecule has 1 heterocycles. The molecule has 0 spiro atoms. The number of nitrogens with zero attached hydrogens (tertiary/aromatic N) is 2. The van der Waals surface area contributed by atoms with Crippen molar-refractivity contribution < 1.29 is 14.0 Å². The van der Waals surface area contributed by atoms with Gasteiger partial charge in [-0.2, -0.15) is 10.1 Å². The van der Waals surface area contributed by atoms with Crippen LogP contribution in [0.5, 0.6) is 0 Å². The van der Waals surface area contributed by atoms with Crippen molar-refractivity contribution >= 4 is 28.8 Å². The maximum absolute atomic E-state index is 13.7. The molecule has 4 nitrogen and oxygen atoms in total. The van der Waals surface area contributed by atoms with Gasteiger partial charge in [-0.05, 0) is 23.6 Å². The second-order valence-electron chi connectivity index (χ2n) is 5.40. The number of imide groups is 1. The van der Waals surface area contributed by atoms with Crippen molar-refractivity contribution in [1.29, 1.82) is 0 Å². The molecule has 0 atom stereocenters. The molecular weight excluding hydrogens is 307 g/mol. The largest absolute Gasteiger partial charge is 0.282 e. The van der Waals surface area contributed by atoms with Gasteiger partial charge >= 0.3 is 0 Å². The molecule has 0 radical (unpaired) electrons. The van der Waals surface area contributed by atoms with Crippen LogP contribution in [0.4, 0.5) is 4.39 Å². The molecule has 0 saturated carbocycles. The minimum absolute atomic E-state index is 0.204. The Hall–Kier alpha value is -3.34. The number of hydrogen-bond donors (Lipinski definition) is 0. The van der Waals surface area contributed by atoms with Crippen molar-refractivity contribution in [3.05, 3.63) is 83.2 Å². The molecule has 0 aromatic heterocycles. The van der Waals surface area contributed by atoms with Crippen LogP contribution in [0.25, 0.3) is 10.8 Å². The summed E-state index contributed by atoms with van der Waals surface area (Å²) in [4.78, 5) is 25.2. The summed E-state index contributed by atoms with van der Waals surface area (Å²) in [5.74, 6) is -1.51. The highest BCUT2D eigenvalue weighted by Gasteiger charge is 2.32. The number of benzene rings is 3. The van der Waals surface area contributed by atoms with Gasteiger partial charge in [0.2, 0.25) is 0 Å². The minimum Gasteiger partial charge on any atom is -0.267 e. The first-order valence-corrected chi connectivity index (χ1v) is 7.36. The van der Waals surface area contributed by atoms with Crippen LogP contribution in [0.15, 0.2) is 65.8 Å². The predicted molar refractivity (Wildman–Crippen MR) is 88.4 cm³/mol. The lowest BCUT2D eigenvalue weighted by molar-refractivity contribution is 0.0616. The lowest BCUT2D eigenvalue weighted by Gasteiger charge is -2.22. The first-order chi connectivity index (χ1) is 11.7. The van der Waals surface area contributed by atoms with E-state index in [2.05, 4.69) is 5.10 Å². The van der Waals surface area contributed by atoms with Crippen molar-refractivity contribution in [2.75, 3.05) is 0 Å². The van der Waals surface area contributed by atoms with Crippen LogP contribution in [0.3, 0.4) is 0 Å². The average molecular weight is 318 g/mol. The smallest absolute Gasteiger partial charge is 0.267 e. The molecule has 116 valence electrons. The van der Waals surface area contributed by atoms with Crippen LogP contribution in [0.1, 0.15) is 26.3 Å². The van der Waals surface area contributed by atoms with Gasteiger partial charge in [0.05, 0.1) is 17.3 Å². The van der Waals surface area contributed by atoms with Crippen molar-refractivity contribution in [3.8, 4) is 0 Å². The van der Waals surface area contributed by atoms with E-state index < -0.39 is 17.6 Å².